The normalized spacial score (nSPS) is 22.7. The zero-order valence-electron chi connectivity index (χ0n) is 10.7. The molecule has 1 aliphatic heterocycles. The Morgan fingerprint density at radius 3 is 2.89 bits per heavy atom. The first-order valence-electron chi connectivity index (χ1n) is 6.16. The molecule has 102 valence electrons. The third kappa shape index (κ3) is 3.26. The molecular formula is C10H19N5O2S. The van der Waals surface area contributed by atoms with Crippen LogP contribution in [-0.4, -0.2) is 46.7 Å². The number of hydrogen-bond donors (Lipinski definition) is 1. The lowest BCUT2D eigenvalue weighted by Crippen LogP contribution is -2.23. The second kappa shape index (κ2) is 5.31. The van der Waals surface area contributed by atoms with Gasteiger partial charge in [-0.05, 0) is 29.3 Å². The third-order valence-corrected chi connectivity index (χ3v) is 4.70. The molecule has 1 aliphatic rings. The van der Waals surface area contributed by atoms with Gasteiger partial charge in [-0.25, -0.2) is 13.1 Å². The summed E-state index contributed by atoms with van der Waals surface area (Å²) < 4.78 is 24.6. The van der Waals surface area contributed by atoms with Gasteiger partial charge in [0.25, 0.3) is 0 Å². The van der Waals surface area contributed by atoms with Gasteiger partial charge in [0.1, 0.15) is 0 Å². The molecule has 18 heavy (non-hydrogen) atoms. The van der Waals surface area contributed by atoms with Gasteiger partial charge in [-0.1, -0.05) is 13.8 Å². The van der Waals surface area contributed by atoms with Gasteiger partial charge in [-0.2, -0.15) is 0 Å². The molecule has 0 saturated carbocycles. The lowest BCUT2D eigenvalue weighted by Gasteiger charge is -2.11. The smallest absolute Gasteiger partial charge is 0.165 e. The number of nitrogens with one attached hydrogen (secondary N) is 1. The molecular weight excluding hydrogens is 254 g/mol. The van der Waals surface area contributed by atoms with Crippen LogP contribution in [0.5, 0.6) is 0 Å². The van der Waals surface area contributed by atoms with Gasteiger partial charge in [-0.15, -0.1) is 5.10 Å². The van der Waals surface area contributed by atoms with E-state index in [1.54, 1.807) is 4.68 Å². The monoisotopic (exact) mass is 273 g/mol. The average molecular weight is 273 g/mol. The Labute approximate surface area is 107 Å². The summed E-state index contributed by atoms with van der Waals surface area (Å²) in [5, 5.41) is 14.8. The molecule has 1 fully saturated rings. The predicted octanol–water partition coefficient (Wildman–Crippen LogP) is -0.222. The molecule has 0 aliphatic carbocycles. The molecule has 1 N–H and O–H groups in total. The lowest BCUT2D eigenvalue weighted by atomic mass is 10.2. The predicted molar refractivity (Wildman–Crippen MR) is 66.7 cm³/mol. The van der Waals surface area contributed by atoms with E-state index in [1.807, 2.05) is 0 Å². The van der Waals surface area contributed by atoms with E-state index in [9.17, 15) is 8.42 Å². The van der Waals surface area contributed by atoms with Crippen LogP contribution in [0.1, 0.15) is 32.1 Å². The molecule has 1 unspecified atom stereocenters. The number of hydrogen-bond acceptors (Lipinski definition) is 6. The van der Waals surface area contributed by atoms with Crippen molar-refractivity contribution in [3.63, 3.8) is 0 Å². The second-order valence-corrected chi connectivity index (χ2v) is 7.35. The van der Waals surface area contributed by atoms with Crippen LogP contribution in [-0.2, 0) is 16.4 Å². The van der Waals surface area contributed by atoms with Crippen LogP contribution in [0, 0.1) is 5.92 Å². The highest BCUT2D eigenvalue weighted by molar-refractivity contribution is 7.91. The van der Waals surface area contributed by atoms with Crippen molar-refractivity contribution in [2.24, 2.45) is 5.92 Å². The Morgan fingerprint density at radius 2 is 2.28 bits per heavy atom. The molecule has 0 amide bonds. The van der Waals surface area contributed by atoms with Crippen LogP contribution in [0.3, 0.4) is 0 Å². The molecule has 1 aromatic rings. The highest BCUT2D eigenvalue weighted by Gasteiger charge is 2.31. The first-order valence-corrected chi connectivity index (χ1v) is 7.98. The summed E-state index contributed by atoms with van der Waals surface area (Å²) >= 11 is 0. The third-order valence-electron chi connectivity index (χ3n) is 2.95. The molecule has 0 spiro atoms. The Bertz CT molecular complexity index is 496. The van der Waals surface area contributed by atoms with Gasteiger partial charge in [0.2, 0.25) is 0 Å². The van der Waals surface area contributed by atoms with E-state index in [2.05, 4.69) is 34.7 Å². The maximum absolute atomic E-state index is 11.5. The van der Waals surface area contributed by atoms with Crippen LogP contribution in [0.15, 0.2) is 0 Å². The van der Waals surface area contributed by atoms with Gasteiger partial charge in [0.15, 0.2) is 15.7 Å². The quantitative estimate of drug-likeness (QED) is 0.797. The number of rotatable bonds is 5. The fraction of sp³-hybridized carbons (Fsp3) is 0.900. The maximum atomic E-state index is 11.5. The van der Waals surface area contributed by atoms with Gasteiger partial charge in [0.05, 0.1) is 24.1 Å². The van der Waals surface area contributed by atoms with Crippen LogP contribution >= 0.6 is 0 Å². The zero-order valence-corrected chi connectivity index (χ0v) is 11.5. The molecule has 2 heterocycles. The van der Waals surface area contributed by atoms with Gasteiger partial charge < -0.3 is 5.32 Å². The minimum Gasteiger partial charge on any atom is -0.310 e. The molecule has 1 saturated heterocycles. The first kappa shape index (κ1) is 13.4. The summed E-state index contributed by atoms with van der Waals surface area (Å²) in [7, 11) is -2.91. The second-order valence-electron chi connectivity index (χ2n) is 5.12. The minimum absolute atomic E-state index is 0.110. The Hall–Kier alpha value is -1.02. The molecule has 0 bridgehead atoms. The lowest BCUT2D eigenvalue weighted by molar-refractivity contribution is 0.451. The summed E-state index contributed by atoms with van der Waals surface area (Å²) in [6, 6.07) is -0.110. The Morgan fingerprint density at radius 1 is 1.50 bits per heavy atom. The van der Waals surface area contributed by atoms with Crippen molar-refractivity contribution in [3.8, 4) is 0 Å². The molecule has 7 nitrogen and oxygen atoms in total. The first-order chi connectivity index (χ1) is 8.48. The van der Waals surface area contributed by atoms with Crippen molar-refractivity contribution in [2.45, 2.75) is 32.9 Å². The summed E-state index contributed by atoms with van der Waals surface area (Å²) in [5.74, 6) is 1.64. The maximum Gasteiger partial charge on any atom is 0.165 e. The minimum atomic E-state index is -2.91. The van der Waals surface area contributed by atoms with Crippen LogP contribution in [0.2, 0.25) is 0 Å². The van der Waals surface area contributed by atoms with E-state index < -0.39 is 9.84 Å². The Kier molecular flexibility index (Phi) is 3.96. The van der Waals surface area contributed by atoms with Crippen molar-refractivity contribution in [1.82, 2.24) is 25.5 Å². The van der Waals surface area contributed by atoms with Crippen LogP contribution in [0.25, 0.3) is 0 Å². The fourth-order valence-electron chi connectivity index (χ4n) is 2.05. The number of sulfone groups is 1. The van der Waals surface area contributed by atoms with E-state index in [0.29, 0.717) is 24.7 Å². The van der Waals surface area contributed by atoms with E-state index in [0.717, 1.165) is 6.54 Å². The van der Waals surface area contributed by atoms with E-state index in [4.69, 9.17) is 0 Å². The van der Waals surface area contributed by atoms with Crippen molar-refractivity contribution in [3.05, 3.63) is 5.82 Å². The van der Waals surface area contributed by atoms with Gasteiger partial charge in [-0.3, -0.25) is 0 Å². The van der Waals surface area contributed by atoms with E-state index in [-0.39, 0.29) is 17.5 Å². The summed E-state index contributed by atoms with van der Waals surface area (Å²) in [5.41, 5.74) is 0. The summed E-state index contributed by atoms with van der Waals surface area (Å²) in [6.07, 6.45) is 0.602. The van der Waals surface area contributed by atoms with Gasteiger partial charge in [0, 0.05) is 0 Å². The largest absolute Gasteiger partial charge is 0.310 e. The highest BCUT2D eigenvalue weighted by Crippen LogP contribution is 2.23. The molecule has 0 aromatic carbocycles. The van der Waals surface area contributed by atoms with E-state index >= 15 is 0 Å². The number of nitrogens with zero attached hydrogens (tertiary/aromatic N) is 4. The highest BCUT2D eigenvalue weighted by atomic mass is 32.2. The van der Waals surface area contributed by atoms with Crippen molar-refractivity contribution in [1.29, 1.82) is 0 Å². The zero-order chi connectivity index (χ0) is 13.2. The SMILES string of the molecule is CC(C)CNCc1nnnn1C1CCS(=O)(=O)C1. The van der Waals surface area contributed by atoms with Crippen molar-refractivity contribution < 1.29 is 8.42 Å². The topological polar surface area (TPSA) is 89.8 Å². The standard InChI is InChI=1S/C10H19N5O2S/c1-8(2)5-11-6-10-12-13-14-15(10)9-3-4-18(16,17)7-9/h8-9,11H,3-7H2,1-2H3. The Balaban J connectivity index is 2.00. The summed E-state index contributed by atoms with van der Waals surface area (Å²) in [6.45, 7) is 5.70. The number of aromatic nitrogens is 4. The van der Waals surface area contributed by atoms with Crippen LogP contribution in [0.4, 0.5) is 0 Å². The fourth-order valence-corrected chi connectivity index (χ4v) is 3.75. The molecule has 2 rings (SSSR count). The van der Waals surface area contributed by atoms with Crippen molar-refractivity contribution in [2.75, 3.05) is 18.1 Å². The molecule has 0 radical (unpaired) electrons. The van der Waals surface area contributed by atoms with Gasteiger partial charge >= 0.3 is 0 Å². The molecule has 1 atom stereocenters. The molecule has 8 heteroatoms. The van der Waals surface area contributed by atoms with E-state index in [1.165, 1.54) is 0 Å². The summed E-state index contributed by atoms with van der Waals surface area (Å²) in [4.78, 5) is 0. The van der Waals surface area contributed by atoms with Crippen molar-refractivity contribution >= 4 is 9.84 Å². The average Bonchev–Trinajstić information content (AvgIpc) is 2.84. The van der Waals surface area contributed by atoms with Crippen LogP contribution < -0.4 is 5.32 Å². The molecule has 1 aromatic heterocycles. The number of tetrazole rings is 1.